The van der Waals surface area contributed by atoms with E-state index in [1.807, 2.05) is 17.5 Å². The van der Waals surface area contributed by atoms with E-state index in [4.69, 9.17) is 10.3 Å². The smallest absolute Gasteiger partial charge is 0.248 e. The van der Waals surface area contributed by atoms with Gasteiger partial charge in [0.15, 0.2) is 5.82 Å². The number of hydrogen-bond acceptors (Lipinski definition) is 5. The van der Waals surface area contributed by atoms with Crippen molar-refractivity contribution in [3.8, 4) is 0 Å². The Labute approximate surface area is 123 Å². The Bertz CT molecular complexity index is 722. The van der Waals surface area contributed by atoms with Gasteiger partial charge in [0.05, 0.1) is 0 Å². The Balaban J connectivity index is 1.79. The van der Waals surface area contributed by atoms with Gasteiger partial charge in [0.25, 0.3) is 0 Å². The van der Waals surface area contributed by atoms with Gasteiger partial charge < -0.3 is 10.3 Å². The van der Waals surface area contributed by atoms with Gasteiger partial charge in [0.2, 0.25) is 5.89 Å². The van der Waals surface area contributed by atoms with Crippen LogP contribution in [0.25, 0.3) is 0 Å². The Hall–Kier alpha value is -2.12. The molecule has 0 aliphatic heterocycles. The molecule has 7 heteroatoms. The van der Waals surface area contributed by atoms with Gasteiger partial charge >= 0.3 is 0 Å². The summed E-state index contributed by atoms with van der Waals surface area (Å²) in [6, 6.07) is 6.55. The van der Waals surface area contributed by atoms with Crippen LogP contribution in [0.2, 0.25) is 0 Å². The monoisotopic (exact) mass is 307 g/mol. The number of halogens is 2. The van der Waals surface area contributed by atoms with Gasteiger partial charge in [-0.3, -0.25) is 0 Å². The quantitative estimate of drug-likeness (QED) is 0.804. The van der Waals surface area contributed by atoms with E-state index in [-0.39, 0.29) is 12.3 Å². The number of aromatic nitrogens is 2. The SMILES string of the molecule is NC(c1nc(Cc2cc(F)cc(F)c2)no1)c1cccs1. The van der Waals surface area contributed by atoms with Crippen molar-refractivity contribution in [2.75, 3.05) is 0 Å². The van der Waals surface area contributed by atoms with E-state index in [9.17, 15) is 8.78 Å². The molecule has 0 aliphatic rings. The molecule has 0 bridgehead atoms. The summed E-state index contributed by atoms with van der Waals surface area (Å²) in [6.45, 7) is 0. The molecular formula is C14H11F2N3OS. The van der Waals surface area contributed by atoms with Gasteiger partial charge in [-0.25, -0.2) is 8.78 Å². The Morgan fingerprint density at radius 3 is 2.67 bits per heavy atom. The summed E-state index contributed by atoms with van der Waals surface area (Å²) in [5.41, 5.74) is 6.44. The average molecular weight is 307 g/mol. The maximum Gasteiger partial charge on any atom is 0.248 e. The first-order valence-electron chi connectivity index (χ1n) is 6.18. The molecule has 0 aliphatic carbocycles. The molecule has 1 aromatic carbocycles. The van der Waals surface area contributed by atoms with E-state index < -0.39 is 17.7 Å². The Morgan fingerprint density at radius 1 is 1.24 bits per heavy atom. The van der Waals surface area contributed by atoms with Crippen molar-refractivity contribution < 1.29 is 13.3 Å². The van der Waals surface area contributed by atoms with Crippen LogP contribution < -0.4 is 5.73 Å². The lowest BCUT2D eigenvalue weighted by molar-refractivity contribution is 0.364. The van der Waals surface area contributed by atoms with Crippen LogP contribution >= 0.6 is 11.3 Å². The minimum atomic E-state index is -0.635. The van der Waals surface area contributed by atoms with Crippen molar-refractivity contribution in [2.24, 2.45) is 5.73 Å². The first kappa shape index (κ1) is 13.8. The van der Waals surface area contributed by atoms with E-state index >= 15 is 0 Å². The van der Waals surface area contributed by atoms with Crippen LogP contribution in [-0.4, -0.2) is 10.1 Å². The van der Waals surface area contributed by atoms with E-state index in [0.29, 0.717) is 11.4 Å². The van der Waals surface area contributed by atoms with Crippen LogP contribution in [0.5, 0.6) is 0 Å². The minimum Gasteiger partial charge on any atom is -0.337 e. The van der Waals surface area contributed by atoms with Crippen LogP contribution in [0.15, 0.2) is 40.2 Å². The second-order valence-corrected chi connectivity index (χ2v) is 5.48. The second-order valence-electron chi connectivity index (χ2n) is 4.50. The highest BCUT2D eigenvalue weighted by molar-refractivity contribution is 7.10. The van der Waals surface area contributed by atoms with Gasteiger partial charge in [0, 0.05) is 17.4 Å². The maximum absolute atomic E-state index is 13.1. The van der Waals surface area contributed by atoms with Gasteiger partial charge in [-0.1, -0.05) is 11.2 Å². The fraction of sp³-hybridized carbons (Fsp3) is 0.143. The lowest BCUT2D eigenvalue weighted by Crippen LogP contribution is -2.10. The Morgan fingerprint density at radius 2 is 2.00 bits per heavy atom. The molecule has 0 spiro atoms. The molecule has 4 nitrogen and oxygen atoms in total. The number of thiophene rings is 1. The zero-order chi connectivity index (χ0) is 14.8. The number of nitrogens with zero attached hydrogens (tertiary/aromatic N) is 2. The van der Waals surface area contributed by atoms with Gasteiger partial charge in [0.1, 0.15) is 17.7 Å². The summed E-state index contributed by atoms with van der Waals surface area (Å²) in [4.78, 5) is 5.08. The van der Waals surface area contributed by atoms with Crippen LogP contribution in [0, 0.1) is 11.6 Å². The first-order valence-corrected chi connectivity index (χ1v) is 7.06. The molecule has 3 rings (SSSR count). The standard InChI is InChI=1S/C14H11F2N3OS/c15-9-4-8(5-10(16)7-9)6-12-18-14(20-19-12)13(17)11-2-1-3-21-11/h1-5,7,13H,6,17H2. The zero-order valence-corrected chi connectivity index (χ0v) is 11.6. The van der Waals surface area contributed by atoms with Crippen molar-refractivity contribution in [3.05, 3.63) is 69.5 Å². The largest absolute Gasteiger partial charge is 0.337 e. The van der Waals surface area contributed by atoms with E-state index in [1.165, 1.54) is 23.5 Å². The topological polar surface area (TPSA) is 64.9 Å². The van der Waals surface area contributed by atoms with Crippen molar-refractivity contribution in [1.82, 2.24) is 10.1 Å². The van der Waals surface area contributed by atoms with Crippen LogP contribution in [0.4, 0.5) is 8.78 Å². The number of rotatable bonds is 4. The normalized spacial score (nSPS) is 12.5. The summed E-state index contributed by atoms with van der Waals surface area (Å²) in [7, 11) is 0. The fourth-order valence-corrected chi connectivity index (χ4v) is 2.67. The molecule has 0 amide bonds. The highest BCUT2D eigenvalue weighted by Gasteiger charge is 2.18. The molecule has 3 aromatic rings. The highest BCUT2D eigenvalue weighted by atomic mass is 32.1. The minimum absolute atomic E-state index is 0.176. The van der Waals surface area contributed by atoms with Crippen molar-refractivity contribution in [2.45, 2.75) is 12.5 Å². The predicted molar refractivity (Wildman–Crippen MR) is 73.8 cm³/mol. The summed E-state index contributed by atoms with van der Waals surface area (Å²) >= 11 is 1.49. The van der Waals surface area contributed by atoms with E-state index in [2.05, 4.69) is 10.1 Å². The highest BCUT2D eigenvalue weighted by Crippen LogP contribution is 2.22. The number of hydrogen-bond donors (Lipinski definition) is 1. The zero-order valence-electron chi connectivity index (χ0n) is 10.8. The molecule has 1 unspecified atom stereocenters. The van der Waals surface area contributed by atoms with Crippen LogP contribution in [0.1, 0.15) is 28.2 Å². The molecule has 2 aromatic heterocycles. The molecule has 0 saturated carbocycles. The number of nitrogens with two attached hydrogens (primary N) is 1. The number of benzene rings is 1. The molecule has 2 N–H and O–H groups in total. The second kappa shape index (κ2) is 5.71. The molecule has 108 valence electrons. The average Bonchev–Trinajstić information content (AvgIpc) is 3.07. The van der Waals surface area contributed by atoms with E-state index in [0.717, 1.165) is 10.9 Å². The molecule has 0 radical (unpaired) electrons. The third kappa shape index (κ3) is 3.14. The Kier molecular flexibility index (Phi) is 3.76. The molecule has 1 atom stereocenters. The van der Waals surface area contributed by atoms with Gasteiger partial charge in [-0.2, -0.15) is 4.98 Å². The first-order chi connectivity index (χ1) is 10.1. The fourth-order valence-electron chi connectivity index (χ4n) is 1.95. The molecule has 2 heterocycles. The lowest BCUT2D eigenvalue weighted by atomic mass is 10.1. The van der Waals surface area contributed by atoms with Crippen LogP contribution in [0.3, 0.4) is 0 Å². The van der Waals surface area contributed by atoms with Gasteiger partial charge in [-0.05, 0) is 29.1 Å². The van der Waals surface area contributed by atoms with Crippen molar-refractivity contribution in [1.29, 1.82) is 0 Å². The third-order valence-electron chi connectivity index (χ3n) is 2.88. The predicted octanol–water partition coefficient (Wildman–Crippen LogP) is 3.05. The lowest BCUT2D eigenvalue weighted by Gasteiger charge is -2.01. The summed E-state index contributed by atoms with van der Waals surface area (Å²) in [5.74, 6) is -0.653. The summed E-state index contributed by atoms with van der Waals surface area (Å²) < 4.78 is 31.4. The summed E-state index contributed by atoms with van der Waals surface area (Å²) in [6.07, 6.45) is 0.176. The summed E-state index contributed by atoms with van der Waals surface area (Å²) in [5, 5.41) is 5.70. The van der Waals surface area contributed by atoms with Crippen molar-refractivity contribution in [3.63, 3.8) is 0 Å². The molecule has 0 saturated heterocycles. The van der Waals surface area contributed by atoms with Crippen molar-refractivity contribution >= 4 is 11.3 Å². The molecular weight excluding hydrogens is 296 g/mol. The van der Waals surface area contributed by atoms with E-state index in [1.54, 1.807) is 0 Å². The molecule has 21 heavy (non-hydrogen) atoms. The maximum atomic E-state index is 13.1. The van der Waals surface area contributed by atoms with Gasteiger partial charge in [-0.15, -0.1) is 11.3 Å². The van der Waals surface area contributed by atoms with Crippen LogP contribution in [-0.2, 0) is 6.42 Å². The third-order valence-corrected chi connectivity index (χ3v) is 3.84. The molecule has 0 fully saturated rings.